The Morgan fingerprint density at radius 1 is 1.35 bits per heavy atom. The maximum Gasteiger partial charge on any atom is 0.254 e. The van der Waals surface area contributed by atoms with Gasteiger partial charge in [0.15, 0.2) is 5.82 Å². The summed E-state index contributed by atoms with van der Waals surface area (Å²) in [6, 6.07) is 7.65. The van der Waals surface area contributed by atoms with Gasteiger partial charge in [-0.1, -0.05) is 23.7 Å². The van der Waals surface area contributed by atoms with Crippen LogP contribution in [0.3, 0.4) is 0 Å². The lowest BCUT2D eigenvalue weighted by Gasteiger charge is -2.15. The average Bonchev–Trinajstić information content (AvgIpc) is 2.41. The number of carbonyl (C=O) groups is 1. The third-order valence-electron chi connectivity index (χ3n) is 2.79. The normalized spacial score (nSPS) is 12.0. The maximum atomic E-state index is 13.4. The molecule has 1 atom stereocenters. The Balaban J connectivity index is 2.17. The van der Waals surface area contributed by atoms with E-state index in [0.29, 0.717) is 5.02 Å². The number of pyridine rings is 1. The van der Waals surface area contributed by atoms with Gasteiger partial charge in [0, 0.05) is 11.2 Å². The molecule has 0 saturated carbocycles. The lowest BCUT2D eigenvalue weighted by Crippen LogP contribution is -2.27. The number of hydrogen-bond donors (Lipinski definition) is 1. The predicted molar refractivity (Wildman–Crippen MR) is 71.5 cm³/mol. The van der Waals surface area contributed by atoms with E-state index in [1.54, 1.807) is 31.2 Å². The molecule has 2 rings (SSSR count). The highest BCUT2D eigenvalue weighted by atomic mass is 35.5. The summed E-state index contributed by atoms with van der Waals surface area (Å²) < 4.78 is 26.4. The average molecular weight is 297 g/mol. The second-order valence-electron chi connectivity index (χ2n) is 4.21. The monoisotopic (exact) mass is 296 g/mol. The second kappa shape index (κ2) is 5.96. The first-order chi connectivity index (χ1) is 9.49. The molecule has 1 unspecified atom stereocenters. The van der Waals surface area contributed by atoms with Crippen LogP contribution in [0.15, 0.2) is 36.5 Å². The lowest BCUT2D eigenvalue weighted by atomic mass is 10.1. The molecule has 0 aliphatic rings. The van der Waals surface area contributed by atoms with Crippen molar-refractivity contribution in [3.63, 3.8) is 0 Å². The topological polar surface area (TPSA) is 42.0 Å². The standard InChI is InChI=1S/C14H11ClF2N2O/c1-8(9-3-2-4-10(15)7-9)19-14(20)11-5-6-18-13(17)12(11)16/h2-8H,1H3,(H,19,20). The van der Waals surface area contributed by atoms with E-state index in [1.807, 2.05) is 0 Å². The van der Waals surface area contributed by atoms with Gasteiger partial charge < -0.3 is 5.32 Å². The van der Waals surface area contributed by atoms with E-state index in [0.717, 1.165) is 17.8 Å². The van der Waals surface area contributed by atoms with Crippen molar-refractivity contribution in [2.75, 3.05) is 0 Å². The van der Waals surface area contributed by atoms with E-state index in [1.165, 1.54) is 0 Å². The lowest BCUT2D eigenvalue weighted by molar-refractivity contribution is 0.0934. The van der Waals surface area contributed by atoms with Gasteiger partial charge in [-0.25, -0.2) is 9.37 Å². The van der Waals surface area contributed by atoms with Gasteiger partial charge in [0.25, 0.3) is 5.91 Å². The Kier molecular flexibility index (Phi) is 4.29. The van der Waals surface area contributed by atoms with Gasteiger partial charge in [-0.3, -0.25) is 4.79 Å². The summed E-state index contributed by atoms with van der Waals surface area (Å²) in [6.07, 6.45) is 1.04. The summed E-state index contributed by atoms with van der Waals surface area (Å²) >= 11 is 5.86. The Morgan fingerprint density at radius 2 is 2.10 bits per heavy atom. The summed E-state index contributed by atoms with van der Waals surface area (Å²) in [5, 5.41) is 3.11. The van der Waals surface area contributed by atoms with Crippen molar-refractivity contribution in [2.24, 2.45) is 0 Å². The molecular weight excluding hydrogens is 286 g/mol. The third-order valence-corrected chi connectivity index (χ3v) is 3.02. The second-order valence-corrected chi connectivity index (χ2v) is 4.65. The predicted octanol–water partition coefficient (Wildman–Crippen LogP) is 3.50. The minimum atomic E-state index is -1.30. The molecule has 0 bridgehead atoms. The summed E-state index contributed by atoms with van der Waals surface area (Å²) in [5.41, 5.74) is 0.382. The van der Waals surface area contributed by atoms with Gasteiger partial charge >= 0.3 is 0 Å². The number of nitrogens with zero attached hydrogens (tertiary/aromatic N) is 1. The molecule has 0 radical (unpaired) electrons. The zero-order chi connectivity index (χ0) is 14.7. The highest BCUT2D eigenvalue weighted by Crippen LogP contribution is 2.18. The van der Waals surface area contributed by atoms with Gasteiger partial charge in [0.1, 0.15) is 0 Å². The molecule has 1 amide bonds. The van der Waals surface area contributed by atoms with Crippen LogP contribution in [0.5, 0.6) is 0 Å². The van der Waals surface area contributed by atoms with Crippen LogP contribution in [0.4, 0.5) is 8.78 Å². The molecule has 2 aromatic rings. The molecule has 3 nitrogen and oxygen atoms in total. The molecule has 104 valence electrons. The van der Waals surface area contributed by atoms with Gasteiger partial charge in [-0.2, -0.15) is 4.39 Å². The summed E-state index contributed by atoms with van der Waals surface area (Å²) in [5.74, 6) is -3.27. The van der Waals surface area contributed by atoms with E-state index in [4.69, 9.17) is 11.6 Å². The van der Waals surface area contributed by atoms with Gasteiger partial charge in [-0.15, -0.1) is 0 Å². The van der Waals surface area contributed by atoms with Crippen LogP contribution in [0, 0.1) is 11.8 Å². The van der Waals surface area contributed by atoms with Crippen molar-refractivity contribution in [1.29, 1.82) is 0 Å². The van der Waals surface area contributed by atoms with Crippen LogP contribution in [0.2, 0.25) is 5.02 Å². The zero-order valence-corrected chi connectivity index (χ0v) is 11.3. The van der Waals surface area contributed by atoms with E-state index in [-0.39, 0.29) is 5.56 Å². The van der Waals surface area contributed by atoms with Crippen molar-refractivity contribution in [1.82, 2.24) is 10.3 Å². The van der Waals surface area contributed by atoms with Crippen molar-refractivity contribution < 1.29 is 13.6 Å². The van der Waals surface area contributed by atoms with E-state index >= 15 is 0 Å². The number of aromatic nitrogens is 1. The van der Waals surface area contributed by atoms with E-state index < -0.39 is 23.7 Å². The van der Waals surface area contributed by atoms with Crippen LogP contribution in [-0.4, -0.2) is 10.9 Å². The molecule has 0 spiro atoms. The number of rotatable bonds is 3. The fraction of sp³-hybridized carbons (Fsp3) is 0.143. The molecule has 0 aliphatic heterocycles. The van der Waals surface area contributed by atoms with E-state index in [9.17, 15) is 13.6 Å². The minimum Gasteiger partial charge on any atom is -0.345 e. The van der Waals surface area contributed by atoms with E-state index in [2.05, 4.69) is 10.3 Å². The smallest absolute Gasteiger partial charge is 0.254 e. The Bertz CT molecular complexity index is 649. The first-order valence-electron chi connectivity index (χ1n) is 5.85. The Labute approximate surface area is 119 Å². The molecular formula is C14H11ClF2N2O. The maximum absolute atomic E-state index is 13.4. The Morgan fingerprint density at radius 3 is 2.80 bits per heavy atom. The first kappa shape index (κ1) is 14.4. The van der Waals surface area contributed by atoms with Crippen molar-refractivity contribution in [3.05, 3.63) is 64.4 Å². The van der Waals surface area contributed by atoms with Crippen molar-refractivity contribution in [3.8, 4) is 0 Å². The molecule has 1 N–H and O–H groups in total. The number of carbonyl (C=O) groups excluding carboxylic acids is 1. The van der Waals surface area contributed by atoms with Gasteiger partial charge in [-0.05, 0) is 30.7 Å². The molecule has 1 heterocycles. The van der Waals surface area contributed by atoms with Crippen LogP contribution >= 0.6 is 11.6 Å². The molecule has 6 heteroatoms. The number of benzene rings is 1. The summed E-state index contributed by atoms with van der Waals surface area (Å²) in [4.78, 5) is 15.0. The number of halogens is 3. The third kappa shape index (κ3) is 3.11. The van der Waals surface area contributed by atoms with Crippen LogP contribution in [-0.2, 0) is 0 Å². The Hall–Kier alpha value is -2.01. The highest BCUT2D eigenvalue weighted by Gasteiger charge is 2.18. The number of nitrogens with one attached hydrogen (secondary N) is 1. The minimum absolute atomic E-state index is 0.383. The van der Waals surface area contributed by atoms with Crippen molar-refractivity contribution >= 4 is 17.5 Å². The molecule has 0 aliphatic carbocycles. The molecule has 20 heavy (non-hydrogen) atoms. The van der Waals surface area contributed by atoms with Crippen molar-refractivity contribution in [2.45, 2.75) is 13.0 Å². The SMILES string of the molecule is CC(NC(=O)c1ccnc(F)c1F)c1cccc(Cl)c1. The van der Waals surface area contributed by atoms with Crippen LogP contribution in [0.1, 0.15) is 28.9 Å². The highest BCUT2D eigenvalue weighted by molar-refractivity contribution is 6.30. The molecule has 1 aromatic heterocycles. The first-order valence-corrected chi connectivity index (χ1v) is 6.23. The van der Waals surface area contributed by atoms with Gasteiger partial charge in [0.2, 0.25) is 5.95 Å². The van der Waals surface area contributed by atoms with Crippen LogP contribution < -0.4 is 5.32 Å². The summed E-state index contributed by atoms with van der Waals surface area (Å²) in [6.45, 7) is 1.72. The fourth-order valence-electron chi connectivity index (χ4n) is 1.73. The van der Waals surface area contributed by atoms with Crippen LogP contribution in [0.25, 0.3) is 0 Å². The number of hydrogen-bond acceptors (Lipinski definition) is 2. The van der Waals surface area contributed by atoms with Gasteiger partial charge in [0.05, 0.1) is 11.6 Å². The summed E-state index contributed by atoms with van der Waals surface area (Å²) in [7, 11) is 0. The zero-order valence-electron chi connectivity index (χ0n) is 10.5. The quantitative estimate of drug-likeness (QED) is 0.881. The number of amides is 1. The molecule has 0 fully saturated rings. The molecule has 1 aromatic carbocycles. The fourth-order valence-corrected chi connectivity index (χ4v) is 1.93. The largest absolute Gasteiger partial charge is 0.345 e. The molecule has 0 saturated heterocycles.